The summed E-state index contributed by atoms with van der Waals surface area (Å²) >= 11 is 3.49. The topological polar surface area (TPSA) is 47.0 Å². The summed E-state index contributed by atoms with van der Waals surface area (Å²) in [6.45, 7) is 6.20. The SMILES string of the molecule is CN(C)CCN1CCN(c2ccc(C(=O)O)cc2Br)CC1. The van der Waals surface area contributed by atoms with Gasteiger partial charge in [-0.25, -0.2) is 4.79 Å². The van der Waals surface area contributed by atoms with Gasteiger partial charge in [0.25, 0.3) is 0 Å². The van der Waals surface area contributed by atoms with Gasteiger partial charge in [0.05, 0.1) is 11.3 Å². The molecule has 0 atom stereocenters. The highest BCUT2D eigenvalue weighted by molar-refractivity contribution is 9.10. The maximum absolute atomic E-state index is 11.0. The van der Waals surface area contributed by atoms with Gasteiger partial charge in [0.2, 0.25) is 0 Å². The van der Waals surface area contributed by atoms with Crippen LogP contribution in [0.5, 0.6) is 0 Å². The van der Waals surface area contributed by atoms with E-state index in [0.29, 0.717) is 5.56 Å². The molecule has 1 aliphatic heterocycles. The third-order valence-corrected chi connectivity index (χ3v) is 4.41. The smallest absolute Gasteiger partial charge is 0.335 e. The molecule has 2 rings (SSSR count). The number of hydrogen-bond donors (Lipinski definition) is 1. The second-order valence-electron chi connectivity index (χ2n) is 5.60. The van der Waals surface area contributed by atoms with Crippen molar-refractivity contribution in [3.05, 3.63) is 28.2 Å². The van der Waals surface area contributed by atoms with E-state index >= 15 is 0 Å². The van der Waals surface area contributed by atoms with E-state index in [1.165, 1.54) is 0 Å². The van der Waals surface area contributed by atoms with Crippen LogP contribution in [0.25, 0.3) is 0 Å². The number of hydrogen-bond acceptors (Lipinski definition) is 4. The van der Waals surface area contributed by atoms with Crippen LogP contribution >= 0.6 is 15.9 Å². The van der Waals surface area contributed by atoms with Crippen molar-refractivity contribution in [2.45, 2.75) is 0 Å². The van der Waals surface area contributed by atoms with Crippen molar-refractivity contribution < 1.29 is 9.90 Å². The van der Waals surface area contributed by atoms with Crippen LogP contribution in [0.4, 0.5) is 5.69 Å². The number of nitrogens with zero attached hydrogens (tertiary/aromatic N) is 3. The van der Waals surface area contributed by atoms with Crippen molar-refractivity contribution in [2.75, 3.05) is 58.3 Å². The molecule has 1 saturated heterocycles. The maximum atomic E-state index is 11.0. The molecule has 116 valence electrons. The Morgan fingerprint density at radius 3 is 2.48 bits per heavy atom. The molecule has 1 aromatic carbocycles. The minimum Gasteiger partial charge on any atom is -0.478 e. The van der Waals surface area contributed by atoms with Gasteiger partial charge in [-0.15, -0.1) is 0 Å². The lowest BCUT2D eigenvalue weighted by molar-refractivity contribution is 0.0697. The van der Waals surface area contributed by atoms with Crippen molar-refractivity contribution in [3.8, 4) is 0 Å². The molecule has 1 N–H and O–H groups in total. The largest absolute Gasteiger partial charge is 0.478 e. The van der Waals surface area contributed by atoms with Crippen LogP contribution in [-0.2, 0) is 0 Å². The molecule has 0 saturated carbocycles. The lowest BCUT2D eigenvalue weighted by Gasteiger charge is -2.37. The van der Waals surface area contributed by atoms with Crippen molar-refractivity contribution in [1.82, 2.24) is 9.80 Å². The Morgan fingerprint density at radius 2 is 1.95 bits per heavy atom. The molecule has 1 fully saturated rings. The van der Waals surface area contributed by atoms with Crippen LogP contribution in [0.3, 0.4) is 0 Å². The first kappa shape index (κ1) is 16.3. The fraction of sp³-hybridized carbons (Fsp3) is 0.533. The van der Waals surface area contributed by atoms with E-state index in [0.717, 1.165) is 49.4 Å². The molecule has 5 nitrogen and oxygen atoms in total. The fourth-order valence-electron chi connectivity index (χ4n) is 2.45. The summed E-state index contributed by atoms with van der Waals surface area (Å²) in [5.41, 5.74) is 1.39. The van der Waals surface area contributed by atoms with Gasteiger partial charge in [-0.1, -0.05) is 0 Å². The predicted octanol–water partition coefficient (Wildman–Crippen LogP) is 1.83. The van der Waals surface area contributed by atoms with Gasteiger partial charge >= 0.3 is 5.97 Å². The normalized spacial score (nSPS) is 16.5. The van der Waals surface area contributed by atoms with Gasteiger partial charge in [-0.05, 0) is 48.2 Å². The maximum Gasteiger partial charge on any atom is 0.335 e. The van der Waals surface area contributed by atoms with Gasteiger partial charge in [-0.2, -0.15) is 0 Å². The van der Waals surface area contributed by atoms with E-state index < -0.39 is 5.97 Å². The Morgan fingerprint density at radius 1 is 1.29 bits per heavy atom. The molecule has 6 heteroatoms. The number of carbonyl (C=O) groups is 1. The van der Waals surface area contributed by atoms with Gasteiger partial charge < -0.3 is 14.9 Å². The van der Waals surface area contributed by atoms with E-state index in [1.54, 1.807) is 12.1 Å². The number of halogens is 1. The molecule has 0 radical (unpaired) electrons. The highest BCUT2D eigenvalue weighted by Gasteiger charge is 2.19. The standard InChI is InChI=1S/C15H22BrN3O2/c1-17(2)5-6-18-7-9-19(10-8-18)14-4-3-12(15(20)21)11-13(14)16/h3-4,11H,5-10H2,1-2H3,(H,20,21). The Bertz CT molecular complexity index is 500. The molecule has 21 heavy (non-hydrogen) atoms. The Labute approximate surface area is 134 Å². The van der Waals surface area contributed by atoms with E-state index in [1.807, 2.05) is 6.07 Å². The highest BCUT2D eigenvalue weighted by Crippen LogP contribution is 2.28. The number of likely N-dealkylation sites (N-methyl/N-ethyl adjacent to an activating group) is 1. The Hall–Kier alpha value is -1.11. The number of carboxylic acid groups (broad SMARTS) is 1. The van der Waals surface area contributed by atoms with Gasteiger partial charge in [-0.3, -0.25) is 4.90 Å². The minimum absolute atomic E-state index is 0.315. The van der Waals surface area contributed by atoms with Gasteiger partial charge in [0.1, 0.15) is 0 Å². The summed E-state index contributed by atoms with van der Waals surface area (Å²) in [6, 6.07) is 5.24. The summed E-state index contributed by atoms with van der Waals surface area (Å²) in [4.78, 5) is 17.9. The van der Waals surface area contributed by atoms with Crippen LogP contribution < -0.4 is 4.90 Å². The van der Waals surface area contributed by atoms with Crippen molar-refractivity contribution in [3.63, 3.8) is 0 Å². The third-order valence-electron chi connectivity index (χ3n) is 3.77. The molecule has 1 aliphatic rings. The first-order valence-corrected chi connectivity index (χ1v) is 7.91. The van der Waals surface area contributed by atoms with E-state index in [4.69, 9.17) is 5.11 Å². The number of carboxylic acids is 1. The van der Waals surface area contributed by atoms with Crippen LogP contribution in [0.15, 0.2) is 22.7 Å². The molecule has 0 unspecified atom stereocenters. The summed E-state index contributed by atoms with van der Waals surface area (Å²) in [5.74, 6) is -0.893. The predicted molar refractivity (Wildman–Crippen MR) is 88.3 cm³/mol. The molecule has 0 amide bonds. The monoisotopic (exact) mass is 355 g/mol. The Balaban J connectivity index is 1.94. The van der Waals surface area contributed by atoms with E-state index in [9.17, 15) is 4.79 Å². The zero-order valence-corrected chi connectivity index (χ0v) is 14.1. The lowest BCUT2D eigenvalue weighted by atomic mass is 10.2. The fourth-order valence-corrected chi connectivity index (χ4v) is 3.08. The summed E-state index contributed by atoms with van der Waals surface area (Å²) in [5, 5.41) is 9.00. The zero-order valence-electron chi connectivity index (χ0n) is 12.5. The highest BCUT2D eigenvalue weighted by atomic mass is 79.9. The molecule has 0 spiro atoms. The van der Waals surface area contributed by atoms with Crippen LogP contribution in [0.2, 0.25) is 0 Å². The molecule has 0 aromatic heterocycles. The van der Waals surface area contributed by atoms with Crippen LogP contribution in [0, 0.1) is 0 Å². The second kappa shape index (κ2) is 7.24. The quantitative estimate of drug-likeness (QED) is 0.872. The zero-order chi connectivity index (χ0) is 15.4. The first-order valence-electron chi connectivity index (χ1n) is 7.12. The van der Waals surface area contributed by atoms with Crippen molar-refractivity contribution in [2.24, 2.45) is 0 Å². The first-order chi connectivity index (χ1) is 9.97. The molecule has 1 heterocycles. The average Bonchev–Trinajstić information content (AvgIpc) is 2.45. The summed E-state index contributed by atoms with van der Waals surface area (Å²) in [6.07, 6.45) is 0. The Kier molecular flexibility index (Phi) is 5.61. The number of piperazine rings is 1. The number of benzene rings is 1. The molecule has 1 aromatic rings. The van der Waals surface area contributed by atoms with Crippen LogP contribution in [0.1, 0.15) is 10.4 Å². The molecular weight excluding hydrogens is 334 g/mol. The minimum atomic E-state index is -0.893. The molecular formula is C15H22BrN3O2. The number of anilines is 1. The second-order valence-corrected chi connectivity index (χ2v) is 6.46. The van der Waals surface area contributed by atoms with Gasteiger partial charge in [0.15, 0.2) is 0 Å². The average molecular weight is 356 g/mol. The third kappa shape index (κ3) is 4.43. The lowest BCUT2D eigenvalue weighted by Crippen LogP contribution is -2.48. The number of aromatic carboxylic acids is 1. The van der Waals surface area contributed by atoms with Gasteiger partial charge in [0, 0.05) is 43.7 Å². The van der Waals surface area contributed by atoms with E-state index in [2.05, 4.69) is 44.7 Å². The van der Waals surface area contributed by atoms with E-state index in [-0.39, 0.29) is 0 Å². The molecule has 0 bridgehead atoms. The summed E-state index contributed by atoms with van der Waals surface area (Å²) in [7, 11) is 4.19. The molecule has 0 aliphatic carbocycles. The summed E-state index contributed by atoms with van der Waals surface area (Å²) < 4.78 is 0.851. The van der Waals surface area contributed by atoms with Crippen molar-refractivity contribution >= 4 is 27.6 Å². The van der Waals surface area contributed by atoms with Crippen LogP contribution in [-0.4, -0.2) is 74.2 Å². The number of rotatable bonds is 5. The van der Waals surface area contributed by atoms with Crippen molar-refractivity contribution in [1.29, 1.82) is 0 Å².